The maximum Gasteiger partial charge on any atom is 0.321 e. The Bertz CT molecular complexity index is 480. The van der Waals surface area contributed by atoms with E-state index in [0.29, 0.717) is 11.2 Å². The summed E-state index contributed by atoms with van der Waals surface area (Å²) >= 11 is 1.48. The topological polar surface area (TPSA) is 70.2 Å². The molecular weight excluding hydrogens is 298 g/mol. The van der Waals surface area contributed by atoms with E-state index >= 15 is 0 Å². The lowest BCUT2D eigenvalue weighted by atomic mass is 9.96. The zero-order valence-corrected chi connectivity index (χ0v) is 13.8. The molecule has 7 heteroatoms. The summed E-state index contributed by atoms with van der Waals surface area (Å²) in [6.45, 7) is 3.14. The van der Waals surface area contributed by atoms with Crippen LogP contribution in [0.25, 0.3) is 0 Å². The highest BCUT2D eigenvalue weighted by Crippen LogP contribution is 2.20. The monoisotopic (exact) mass is 323 g/mol. The van der Waals surface area contributed by atoms with Crippen LogP contribution in [0.4, 0.5) is 9.93 Å². The molecule has 2 fully saturated rings. The van der Waals surface area contributed by atoms with Gasteiger partial charge in [0.05, 0.1) is 6.54 Å². The summed E-state index contributed by atoms with van der Waals surface area (Å²) in [5.41, 5.74) is 0. The third kappa shape index (κ3) is 4.64. The molecule has 0 aromatic carbocycles. The van der Waals surface area contributed by atoms with Gasteiger partial charge < -0.3 is 5.32 Å². The first-order chi connectivity index (χ1) is 10.8. The Hall–Kier alpha value is -1.21. The summed E-state index contributed by atoms with van der Waals surface area (Å²) in [5, 5.41) is 15.7. The Morgan fingerprint density at radius 3 is 2.59 bits per heavy atom. The Morgan fingerprint density at radius 2 is 1.82 bits per heavy atom. The summed E-state index contributed by atoms with van der Waals surface area (Å²) in [5.74, 6) is 0. The second-order valence-electron chi connectivity index (χ2n) is 6.27. The van der Waals surface area contributed by atoms with Gasteiger partial charge in [-0.3, -0.25) is 10.2 Å². The number of anilines is 1. The Kier molecular flexibility index (Phi) is 5.61. The Labute approximate surface area is 135 Å². The largest absolute Gasteiger partial charge is 0.335 e. The van der Waals surface area contributed by atoms with Crippen molar-refractivity contribution in [3.63, 3.8) is 0 Å². The molecule has 3 rings (SSSR count). The molecule has 2 aliphatic rings. The number of nitrogens with zero attached hydrogens (tertiary/aromatic N) is 3. The van der Waals surface area contributed by atoms with Crippen LogP contribution in [0.2, 0.25) is 0 Å². The van der Waals surface area contributed by atoms with Crippen molar-refractivity contribution < 1.29 is 4.79 Å². The molecule has 6 nitrogen and oxygen atoms in total. The van der Waals surface area contributed by atoms with Crippen molar-refractivity contribution in [2.75, 3.05) is 18.4 Å². The van der Waals surface area contributed by atoms with E-state index in [1.54, 1.807) is 0 Å². The van der Waals surface area contributed by atoms with Gasteiger partial charge in [0.25, 0.3) is 0 Å². The first-order valence-electron chi connectivity index (χ1n) is 8.42. The lowest BCUT2D eigenvalue weighted by Gasteiger charge is -2.24. The number of carbonyl (C=O) groups excluding carboxylic acids is 1. The number of hydrogen-bond donors (Lipinski definition) is 2. The standard InChI is InChI=1S/C15H25N5OS/c21-14(16-12-7-3-1-4-8-12)17-15-19-18-13(22-15)11-20-9-5-2-6-10-20/h12H,1-11H2,(H2,16,17,19,21). The molecule has 1 aromatic rings. The van der Waals surface area contributed by atoms with Crippen molar-refractivity contribution in [2.24, 2.45) is 0 Å². The summed E-state index contributed by atoms with van der Waals surface area (Å²) in [6, 6.07) is 0.169. The van der Waals surface area contributed by atoms with E-state index in [1.807, 2.05) is 0 Å². The van der Waals surface area contributed by atoms with Crippen LogP contribution in [0.1, 0.15) is 56.4 Å². The number of piperidine rings is 1. The minimum Gasteiger partial charge on any atom is -0.335 e. The molecule has 1 aromatic heterocycles. The van der Waals surface area contributed by atoms with E-state index in [9.17, 15) is 4.79 Å². The summed E-state index contributed by atoms with van der Waals surface area (Å²) in [4.78, 5) is 14.4. The quantitative estimate of drug-likeness (QED) is 0.893. The number of nitrogens with one attached hydrogen (secondary N) is 2. The Morgan fingerprint density at radius 1 is 1.09 bits per heavy atom. The van der Waals surface area contributed by atoms with Gasteiger partial charge in [-0.25, -0.2) is 4.79 Å². The predicted molar refractivity (Wildman–Crippen MR) is 88.1 cm³/mol. The molecule has 2 N–H and O–H groups in total. The first-order valence-corrected chi connectivity index (χ1v) is 9.23. The van der Waals surface area contributed by atoms with E-state index in [0.717, 1.165) is 37.5 Å². The lowest BCUT2D eigenvalue weighted by molar-refractivity contribution is 0.220. The van der Waals surface area contributed by atoms with Crippen LogP contribution < -0.4 is 10.6 Å². The van der Waals surface area contributed by atoms with Crippen LogP contribution >= 0.6 is 11.3 Å². The number of amides is 2. The van der Waals surface area contributed by atoms with Gasteiger partial charge in [-0.15, -0.1) is 10.2 Å². The fourth-order valence-electron chi connectivity index (χ4n) is 3.24. The Balaban J connectivity index is 1.45. The number of hydrogen-bond acceptors (Lipinski definition) is 5. The fourth-order valence-corrected chi connectivity index (χ4v) is 4.02. The molecular formula is C15H25N5OS. The molecule has 1 aliphatic carbocycles. The van der Waals surface area contributed by atoms with Gasteiger partial charge in [0.15, 0.2) is 0 Å². The molecule has 0 atom stereocenters. The zero-order valence-electron chi connectivity index (χ0n) is 13.0. The second-order valence-corrected chi connectivity index (χ2v) is 7.33. The second kappa shape index (κ2) is 7.87. The predicted octanol–water partition coefficient (Wildman–Crippen LogP) is 2.98. The van der Waals surface area contributed by atoms with Gasteiger partial charge in [-0.05, 0) is 38.8 Å². The molecule has 1 saturated heterocycles. The normalized spacial score (nSPS) is 20.7. The summed E-state index contributed by atoms with van der Waals surface area (Å²) < 4.78 is 0. The fraction of sp³-hybridized carbons (Fsp3) is 0.800. The van der Waals surface area contributed by atoms with E-state index in [4.69, 9.17) is 0 Å². The minimum absolute atomic E-state index is 0.146. The molecule has 122 valence electrons. The average molecular weight is 323 g/mol. The van der Waals surface area contributed by atoms with Gasteiger partial charge >= 0.3 is 6.03 Å². The molecule has 1 aliphatic heterocycles. The van der Waals surface area contributed by atoms with E-state index in [2.05, 4.69) is 25.7 Å². The van der Waals surface area contributed by atoms with Gasteiger partial charge in [0.1, 0.15) is 5.01 Å². The number of rotatable bonds is 4. The number of aromatic nitrogens is 2. The van der Waals surface area contributed by atoms with Crippen molar-refractivity contribution in [1.82, 2.24) is 20.4 Å². The van der Waals surface area contributed by atoms with Crippen molar-refractivity contribution in [1.29, 1.82) is 0 Å². The van der Waals surface area contributed by atoms with Gasteiger partial charge in [0, 0.05) is 6.04 Å². The van der Waals surface area contributed by atoms with Crippen molar-refractivity contribution in [3.8, 4) is 0 Å². The van der Waals surface area contributed by atoms with E-state index < -0.39 is 0 Å². The van der Waals surface area contributed by atoms with Crippen LogP contribution in [0, 0.1) is 0 Å². The van der Waals surface area contributed by atoms with E-state index in [1.165, 1.54) is 49.9 Å². The molecule has 0 spiro atoms. The van der Waals surface area contributed by atoms with Crippen LogP contribution in [0.15, 0.2) is 0 Å². The molecule has 0 unspecified atom stereocenters. The van der Waals surface area contributed by atoms with Crippen molar-refractivity contribution >= 4 is 22.5 Å². The van der Waals surface area contributed by atoms with Gasteiger partial charge in [-0.2, -0.15) is 0 Å². The summed E-state index contributed by atoms with van der Waals surface area (Å²) in [6.07, 6.45) is 9.76. The first kappa shape index (κ1) is 15.7. The molecule has 0 bridgehead atoms. The number of carbonyl (C=O) groups is 1. The van der Waals surface area contributed by atoms with Gasteiger partial charge in [0.2, 0.25) is 5.13 Å². The maximum atomic E-state index is 12.0. The molecule has 1 saturated carbocycles. The highest BCUT2D eigenvalue weighted by Gasteiger charge is 2.17. The molecule has 0 radical (unpaired) electrons. The smallest absolute Gasteiger partial charge is 0.321 e. The van der Waals surface area contributed by atoms with Crippen molar-refractivity contribution in [2.45, 2.75) is 64.0 Å². The third-order valence-corrected chi connectivity index (χ3v) is 5.26. The molecule has 2 amide bonds. The molecule has 2 heterocycles. The van der Waals surface area contributed by atoms with Crippen LogP contribution in [0.3, 0.4) is 0 Å². The SMILES string of the molecule is O=C(Nc1nnc(CN2CCCCC2)s1)NC1CCCCC1. The number of likely N-dealkylation sites (tertiary alicyclic amines) is 1. The maximum absolute atomic E-state index is 12.0. The third-order valence-electron chi connectivity index (χ3n) is 4.44. The van der Waals surface area contributed by atoms with Crippen LogP contribution in [-0.2, 0) is 6.54 Å². The summed E-state index contributed by atoms with van der Waals surface area (Å²) in [7, 11) is 0. The highest BCUT2D eigenvalue weighted by atomic mass is 32.1. The van der Waals surface area contributed by atoms with E-state index in [-0.39, 0.29) is 6.03 Å². The highest BCUT2D eigenvalue weighted by molar-refractivity contribution is 7.15. The zero-order chi connectivity index (χ0) is 15.2. The average Bonchev–Trinajstić information content (AvgIpc) is 2.96. The lowest BCUT2D eigenvalue weighted by Crippen LogP contribution is -2.38. The van der Waals surface area contributed by atoms with Crippen LogP contribution in [-0.4, -0.2) is 40.3 Å². The van der Waals surface area contributed by atoms with Crippen molar-refractivity contribution in [3.05, 3.63) is 5.01 Å². The number of urea groups is 1. The molecule has 22 heavy (non-hydrogen) atoms. The van der Waals surface area contributed by atoms with Gasteiger partial charge in [-0.1, -0.05) is 37.0 Å². The van der Waals surface area contributed by atoms with Crippen LogP contribution in [0.5, 0.6) is 0 Å². The minimum atomic E-state index is -0.146.